The second-order valence-electron chi connectivity index (χ2n) is 5.45. The molecule has 120 valence electrons. The Morgan fingerprint density at radius 2 is 1.96 bits per heavy atom. The fraction of sp³-hybridized carbons (Fsp3) is 0.0526. The minimum Gasteiger partial charge on any atom is -0.321 e. The van der Waals surface area contributed by atoms with Crippen molar-refractivity contribution >= 4 is 44.5 Å². The fourth-order valence-corrected chi connectivity index (χ4v) is 2.94. The van der Waals surface area contributed by atoms with Gasteiger partial charge in [-0.15, -0.1) is 0 Å². The summed E-state index contributed by atoms with van der Waals surface area (Å²) in [5.74, 6) is -0.299. The van der Waals surface area contributed by atoms with Crippen molar-refractivity contribution < 1.29 is 4.79 Å². The highest BCUT2D eigenvalue weighted by atomic mass is 79.9. The maximum atomic E-state index is 12.1. The first-order valence-electron chi connectivity index (χ1n) is 7.40. The van der Waals surface area contributed by atoms with Crippen LogP contribution in [-0.2, 0) is 4.79 Å². The Morgan fingerprint density at radius 3 is 2.75 bits per heavy atom. The van der Waals surface area contributed by atoms with Crippen LogP contribution >= 0.6 is 15.9 Å². The minimum absolute atomic E-state index is 0.228. The quantitative estimate of drug-likeness (QED) is 0.665. The molecule has 0 unspecified atom stereocenters. The van der Waals surface area contributed by atoms with Gasteiger partial charge in [0, 0.05) is 21.6 Å². The van der Waals surface area contributed by atoms with E-state index in [4.69, 9.17) is 0 Å². The molecule has 4 nitrogen and oxygen atoms in total. The van der Waals surface area contributed by atoms with E-state index < -0.39 is 0 Å². The van der Waals surface area contributed by atoms with Crippen molar-refractivity contribution in [2.45, 2.75) is 6.92 Å². The van der Waals surface area contributed by atoms with Crippen LogP contribution in [0.15, 0.2) is 63.9 Å². The first-order chi connectivity index (χ1) is 11.5. The highest BCUT2D eigenvalue weighted by Gasteiger charge is 2.04. The van der Waals surface area contributed by atoms with Gasteiger partial charge in [-0.05, 0) is 64.1 Å². The van der Waals surface area contributed by atoms with Crippen LogP contribution in [0.3, 0.4) is 0 Å². The number of aryl methyl sites for hydroxylation is 1. The fourth-order valence-electron chi connectivity index (χ4n) is 2.35. The summed E-state index contributed by atoms with van der Waals surface area (Å²) in [5, 5.41) is 3.69. The Balaban J connectivity index is 1.81. The number of pyridine rings is 1. The van der Waals surface area contributed by atoms with E-state index in [0.717, 1.165) is 20.9 Å². The molecule has 0 aliphatic heterocycles. The van der Waals surface area contributed by atoms with E-state index in [0.29, 0.717) is 11.3 Å². The smallest absolute Gasteiger partial charge is 0.255 e. The molecule has 0 atom stereocenters. The van der Waals surface area contributed by atoms with E-state index in [1.807, 2.05) is 49.4 Å². The average molecular weight is 383 g/mol. The van der Waals surface area contributed by atoms with E-state index in [2.05, 4.69) is 26.2 Å². The normalized spacial score (nSPS) is 11.1. The molecule has 2 N–H and O–H groups in total. The molecule has 0 saturated carbocycles. The third kappa shape index (κ3) is 3.63. The van der Waals surface area contributed by atoms with Gasteiger partial charge in [0.1, 0.15) is 0 Å². The van der Waals surface area contributed by atoms with Crippen LogP contribution in [0.2, 0.25) is 0 Å². The van der Waals surface area contributed by atoms with Gasteiger partial charge >= 0.3 is 0 Å². The van der Waals surface area contributed by atoms with Crippen molar-refractivity contribution in [3.8, 4) is 0 Å². The molecule has 0 radical (unpaired) electrons. The Kier molecular flexibility index (Phi) is 4.62. The second kappa shape index (κ2) is 6.84. The van der Waals surface area contributed by atoms with Crippen LogP contribution in [-0.4, -0.2) is 10.9 Å². The molecule has 0 spiro atoms. The number of amides is 1. The Bertz CT molecular complexity index is 1010. The lowest BCUT2D eigenvalue weighted by Gasteiger charge is -2.05. The molecule has 1 aromatic heterocycles. The van der Waals surface area contributed by atoms with E-state index in [1.165, 1.54) is 12.2 Å². The number of carbonyl (C=O) groups is 1. The Labute approximate surface area is 147 Å². The summed E-state index contributed by atoms with van der Waals surface area (Å²) < 4.78 is 0.813. The van der Waals surface area contributed by atoms with Crippen LogP contribution in [0.5, 0.6) is 0 Å². The number of benzene rings is 2. The number of para-hydroxylation sites is 1. The topological polar surface area (TPSA) is 62.0 Å². The largest absolute Gasteiger partial charge is 0.321 e. The van der Waals surface area contributed by atoms with Gasteiger partial charge in [-0.25, -0.2) is 0 Å². The molecule has 3 aromatic rings. The molecule has 0 aliphatic rings. The van der Waals surface area contributed by atoms with Crippen molar-refractivity contribution in [3.63, 3.8) is 0 Å². The first kappa shape index (κ1) is 16.2. The van der Waals surface area contributed by atoms with E-state index >= 15 is 0 Å². The lowest BCUT2D eigenvalue weighted by molar-refractivity contribution is -0.111. The molecule has 5 heteroatoms. The SMILES string of the molecule is Cc1ccc(NC(=O)/C=C/c2cc3ccccc3[nH]c2=O)c(Br)c1. The summed E-state index contributed by atoms with van der Waals surface area (Å²) in [4.78, 5) is 26.9. The highest BCUT2D eigenvalue weighted by molar-refractivity contribution is 9.10. The van der Waals surface area contributed by atoms with Crippen molar-refractivity contribution in [3.05, 3.63) is 80.6 Å². The maximum Gasteiger partial charge on any atom is 0.255 e. The number of carbonyl (C=O) groups excluding carboxylic acids is 1. The number of hydrogen-bond acceptors (Lipinski definition) is 2. The zero-order valence-electron chi connectivity index (χ0n) is 13.0. The Hall–Kier alpha value is -2.66. The minimum atomic E-state index is -0.299. The number of aromatic nitrogens is 1. The third-order valence-corrected chi connectivity index (χ3v) is 4.23. The molecule has 3 rings (SSSR count). The van der Waals surface area contributed by atoms with Crippen molar-refractivity contribution in [2.75, 3.05) is 5.32 Å². The van der Waals surface area contributed by atoms with Gasteiger partial charge in [0.2, 0.25) is 5.91 Å². The standard InChI is InChI=1S/C19H15BrN2O2/c1-12-6-8-17(15(20)10-12)21-18(23)9-7-14-11-13-4-2-3-5-16(13)22-19(14)24/h2-11H,1H3,(H,21,23)(H,22,24)/b9-7+. The van der Waals surface area contributed by atoms with Crippen LogP contribution < -0.4 is 10.9 Å². The summed E-state index contributed by atoms with van der Waals surface area (Å²) in [6.45, 7) is 1.97. The van der Waals surface area contributed by atoms with Crippen molar-refractivity contribution in [1.82, 2.24) is 4.98 Å². The number of aromatic amines is 1. The molecule has 2 aromatic carbocycles. The van der Waals surface area contributed by atoms with Crippen LogP contribution in [0, 0.1) is 6.92 Å². The predicted octanol–water partition coefficient (Wildman–Crippen LogP) is 4.25. The molecule has 0 fully saturated rings. The number of nitrogens with one attached hydrogen (secondary N) is 2. The lowest BCUT2D eigenvalue weighted by atomic mass is 10.1. The highest BCUT2D eigenvalue weighted by Crippen LogP contribution is 2.23. The third-order valence-electron chi connectivity index (χ3n) is 3.58. The van der Waals surface area contributed by atoms with Gasteiger partial charge < -0.3 is 10.3 Å². The van der Waals surface area contributed by atoms with Gasteiger partial charge in [0.15, 0.2) is 0 Å². The summed E-state index contributed by atoms with van der Waals surface area (Å²) in [7, 11) is 0. The number of anilines is 1. The molecule has 1 heterocycles. The van der Waals surface area contributed by atoms with Gasteiger partial charge in [-0.2, -0.15) is 0 Å². The summed E-state index contributed by atoms with van der Waals surface area (Å²) in [6, 6.07) is 14.9. The zero-order chi connectivity index (χ0) is 17.1. The summed E-state index contributed by atoms with van der Waals surface area (Å²) >= 11 is 3.42. The maximum absolute atomic E-state index is 12.1. The van der Waals surface area contributed by atoms with Gasteiger partial charge in [-0.3, -0.25) is 9.59 Å². The first-order valence-corrected chi connectivity index (χ1v) is 8.19. The molecule has 24 heavy (non-hydrogen) atoms. The summed E-state index contributed by atoms with van der Waals surface area (Å²) in [6.07, 6.45) is 2.87. The molecular weight excluding hydrogens is 368 g/mol. The summed E-state index contributed by atoms with van der Waals surface area (Å²) in [5.41, 5.74) is 2.76. The zero-order valence-corrected chi connectivity index (χ0v) is 14.6. The van der Waals surface area contributed by atoms with Crippen LogP contribution in [0.25, 0.3) is 17.0 Å². The van der Waals surface area contributed by atoms with E-state index in [9.17, 15) is 9.59 Å². The van der Waals surface area contributed by atoms with E-state index in [-0.39, 0.29) is 11.5 Å². The van der Waals surface area contributed by atoms with Gasteiger partial charge in [-0.1, -0.05) is 24.3 Å². The van der Waals surface area contributed by atoms with Crippen molar-refractivity contribution in [1.29, 1.82) is 0 Å². The van der Waals surface area contributed by atoms with Gasteiger partial charge in [0.25, 0.3) is 5.56 Å². The molecule has 0 saturated heterocycles. The lowest BCUT2D eigenvalue weighted by Crippen LogP contribution is -2.11. The van der Waals surface area contributed by atoms with E-state index in [1.54, 1.807) is 6.07 Å². The molecular formula is C19H15BrN2O2. The monoisotopic (exact) mass is 382 g/mol. The van der Waals surface area contributed by atoms with Crippen molar-refractivity contribution in [2.24, 2.45) is 0 Å². The number of rotatable bonds is 3. The van der Waals surface area contributed by atoms with Gasteiger partial charge in [0.05, 0.1) is 5.69 Å². The number of hydrogen-bond donors (Lipinski definition) is 2. The Morgan fingerprint density at radius 1 is 1.17 bits per heavy atom. The predicted molar refractivity (Wildman–Crippen MR) is 101 cm³/mol. The number of H-pyrrole nitrogens is 1. The second-order valence-corrected chi connectivity index (χ2v) is 6.30. The number of fused-ring (bicyclic) bond motifs is 1. The van der Waals surface area contributed by atoms with Crippen LogP contribution in [0.4, 0.5) is 5.69 Å². The molecule has 1 amide bonds. The average Bonchev–Trinajstić information content (AvgIpc) is 2.55. The number of halogens is 1. The molecule has 0 aliphatic carbocycles. The molecule has 0 bridgehead atoms. The van der Waals surface area contributed by atoms with Crippen LogP contribution in [0.1, 0.15) is 11.1 Å².